The molecular formula is C21H15Cl2N3O2. The largest absolute Gasteiger partial charge is 0.459 e. The summed E-state index contributed by atoms with van der Waals surface area (Å²) in [5.41, 5.74) is 5.33. The van der Waals surface area contributed by atoms with Crippen LogP contribution in [0.15, 0.2) is 76.6 Å². The predicted octanol–water partition coefficient (Wildman–Crippen LogP) is 5.35. The number of benzene rings is 2. The van der Waals surface area contributed by atoms with Crippen molar-refractivity contribution >= 4 is 46.2 Å². The topological polar surface area (TPSA) is 59.5 Å². The Morgan fingerprint density at radius 3 is 2.79 bits per heavy atom. The zero-order valence-electron chi connectivity index (χ0n) is 14.6. The summed E-state index contributed by atoms with van der Waals surface area (Å²) in [5, 5.41) is 6.29. The Morgan fingerprint density at radius 2 is 2.00 bits per heavy atom. The van der Waals surface area contributed by atoms with Gasteiger partial charge in [0.1, 0.15) is 0 Å². The van der Waals surface area contributed by atoms with Crippen LogP contribution in [-0.2, 0) is 6.54 Å². The van der Waals surface area contributed by atoms with E-state index < -0.39 is 5.91 Å². The summed E-state index contributed by atoms with van der Waals surface area (Å²) in [6.45, 7) is 0.586. The Labute approximate surface area is 171 Å². The van der Waals surface area contributed by atoms with Gasteiger partial charge in [-0.25, -0.2) is 5.43 Å². The fraction of sp³-hybridized carbons (Fsp3) is 0.0476. The average molecular weight is 412 g/mol. The highest BCUT2D eigenvalue weighted by Crippen LogP contribution is 2.25. The molecular weight excluding hydrogens is 397 g/mol. The molecule has 0 bridgehead atoms. The molecule has 2 aromatic carbocycles. The highest BCUT2D eigenvalue weighted by atomic mass is 35.5. The lowest BCUT2D eigenvalue weighted by atomic mass is 10.2. The average Bonchev–Trinajstić information content (AvgIpc) is 3.33. The first-order chi connectivity index (χ1) is 13.6. The van der Waals surface area contributed by atoms with E-state index >= 15 is 0 Å². The van der Waals surface area contributed by atoms with Crippen LogP contribution in [0.5, 0.6) is 0 Å². The highest BCUT2D eigenvalue weighted by Gasteiger charge is 2.10. The molecule has 5 nitrogen and oxygen atoms in total. The number of furan rings is 1. The molecule has 0 atom stereocenters. The Bertz CT molecular complexity index is 1160. The third-order valence-electron chi connectivity index (χ3n) is 4.29. The molecule has 0 aliphatic rings. The summed E-state index contributed by atoms with van der Waals surface area (Å²) < 4.78 is 7.13. The van der Waals surface area contributed by atoms with Crippen molar-refractivity contribution in [2.24, 2.45) is 5.10 Å². The quantitative estimate of drug-likeness (QED) is 0.355. The lowest BCUT2D eigenvalue weighted by Crippen LogP contribution is -2.16. The van der Waals surface area contributed by atoms with E-state index in [4.69, 9.17) is 27.6 Å². The molecule has 28 heavy (non-hydrogen) atoms. The van der Waals surface area contributed by atoms with Gasteiger partial charge in [0.15, 0.2) is 5.76 Å². The van der Waals surface area contributed by atoms with Crippen molar-refractivity contribution in [3.63, 3.8) is 0 Å². The van der Waals surface area contributed by atoms with E-state index in [1.807, 2.05) is 42.6 Å². The number of nitrogens with one attached hydrogen (secondary N) is 1. The fourth-order valence-corrected chi connectivity index (χ4v) is 3.43. The Balaban J connectivity index is 1.61. The van der Waals surface area contributed by atoms with Crippen molar-refractivity contribution in [3.8, 4) is 0 Å². The van der Waals surface area contributed by atoms with Crippen molar-refractivity contribution in [3.05, 3.63) is 94.0 Å². The van der Waals surface area contributed by atoms with Crippen LogP contribution in [0.4, 0.5) is 0 Å². The van der Waals surface area contributed by atoms with E-state index in [0.29, 0.717) is 16.6 Å². The number of fused-ring (bicyclic) bond motifs is 1. The number of amides is 1. The minimum absolute atomic E-state index is 0.206. The van der Waals surface area contributed by atoms with E-state index in [2.05, 4.69) is 15.1 Å². The molecule has 0 fully saturated rings. The first kappa shape index (κ1) is 18.3. The van der Waals surface area contributed by atoms with Gasteiger partial charge in [-0.15, -0.1) is 0 Å². The summed E-state index contributed by atoms with van der Waals surface area (Å²) >= 11 is 12.3. The second-order valence-electron chi connectivity index (χ2n) is 6.14. The SMILES string of the molecule is O=C(N/N=C\c1cn(Cc2ccc(Cl)cc2Cl)c2ccccc12)c1ccco1. The van der Waals surface area contributed by atoms with Gasteiger partial charge < -0.3 is 8.98 Å². The van der Waals surface area contributed by atoms with Crippen LogP contribution in [0.25, 0.3) is 10.9 Å². The number of halogens is 2. The van der Waals surface area contributed by atoms with E-state index in [0.717, 1.165) is 22.0 Å². The number of carbonyl (C=O) groups excluding carboxylic acids is 1. The van der Waals surface area contributed by atoms with Crippen LogP contribution in [-0.4, -0.2) is 16.7 Å². The standard InChI is InChI=1S/C21H15Cl2N3O2/c22-16-8-7-14(18(23)10-16)12-26-13-15(17-4-1-2-5-19(17)26)11-24-25-21(27)20-6-3-9-28-20/h1-11,13H,12H2,(H,25,27)/b24-11-. The monoisotopic (exact) mass is 411 g/mol. The van der Waals surface area contributed by atoms with Gasteiger partial charge in [0, 0.05) is 39.3 Å². The number of hydrazone groups is 1. The number of carbonyl (C=O) groups is 1. The van der Waals surface area contributed by atoms with Crippen molar-refractivity contribution in [1.82, 2.24) is 9.99 Å². The molecule has 2 heterocycles. The molecule has 4 aromatic rings. The molecule has 140 valence electrons. The van der Waals surface area contributed by atoms with Gasteiger partial charge in [-0.3, -0.25) is 4.79 Å². The molecule has 4 rings (SSSR count). The van der Waals surface area contributed by atoms with Crippen molar-refractivity contribution < 1.29 is 9.21 Å². The van der Waals surface area contributed by atoms with E-state index in [1.165, 1.54) is 6.26 Å². The van der Waals surface area contributed by atoms with Gasteiger partial charge in [0.05, 0.1) is 12.5 Å². The second-order valence-corrected chi connectivity index (χ2v) is 6.99. The maximum Gasteiger partial charge on any atom is 0.307 e. The number of aromatic nitrogens is 1. The van der Waals surface area contributed by atoms with E-state index in [1.54, 1.807) is 24.4 Å². The van der Waals surface area contributed by atoms with Gasteiger partial charge in [-0.1, -0.05) is 47.5 Å². The Kier molecular flexibility index (Phi) is 5.19. The van der Waals surface area contributed by atoms with Crippen LogP contribution >= 0.6 is 23.2 Å². The third-order valence-corrected chi connectivity index (χ3v) is 4.88. The number of hydrogen-bond acceptors (Lipinski definition) is 3. The number of para-hydroxylation sites is 1. The maximum absolute atomic E-state index is 11.9. The zero-order valence-corrected chi connectivity index (χ0v) is 16.1. The zero-order chi connectivity index (χ0) is 19.5. The molecule has 1 amide bonds. The summed E-state index contributed by atoms with van der Waals surface area (Å²) in [5.74, 6) is -0.199. The molecule has 2 aromatic heterocycles. The first-order valence-corrected chi connectivity index (χ1v) is 9.26. The molecule has 0 aliphatic heterocycles. The van der Waals surface area contributed by atoms with Gasteiger partial charge in [-0.05, 0) is 35.9 Å². The first-order valence-electron chi connectivity index (χ1n) is 8.50. The second kappa shape index (κ2) is 7.92. The van der Waals surface area contributed by atoms with E-state index in [9.17, 15) is 4.79 Å². The van der Waals surface area contributed by atoms with E-state index in [-0.39, 0.29) is 5.76 Å². The maximum atomic E-state index is 11.9. The molecule has 0 aliphatic carbocycles. The predicted molar refractivity (Wildman–Crippen MR) is 111 cm³/mol. The normalized spacial score (nSPS) is 11.4. The summed E-state index contributed by atoms with van der Waals surface area (Å²) in [7, 11) is 0. The minimum Gasteiger partial charge on any atom is -0.459 e. The van der Waals surface area contributed by atoms with Crippen molar-refractivity contribution in [2.45, 2.75) is 6.54 Å². The molecule has 1 N–H and O–H groups in total. The summed E-state index contributed by atoms with van der Waals surface area (Å²) in [6, 6.07) is 16.7. The van der Waals surface area contributed by atoms with Crippen LogP contribution in [0.3, 0.4) is 0 Å². The number of rotatable bonds is 5. The van der Waals surface area contributed by atoms with Gasteiger partial charge in [0.25, 0.3) is 0 Å². The van der Waals surface area contributed by atoms with Crippen LogP contribution < -0.4 is 5.43 Å². The van der Waals surface area contributed by atoms with Gasteiger partial charge in [-0.2, -0.15) is 5.10 Å². The molecule has 7 heteroatoms. The van der Waals surface area contributed by atoms with Crippen LogP contribution in [0.2, 0.25) is 10.0 Å². The minimum atomic E-state index is -0.405. The molecule has 0 radical (unpaired) electrons. The molecule has 0 unspecified atom stereocenters. The van der Waals surface area contributed by atoms with Crippen molar-refractivity contribution in [2.75, 3.05) is 0 Å². The third kappa shape index (κ3) is 3.81. The lowest BCUT2D eigenvalue weighted by molar-refractivity contribution is 0.0927. The van der Waals surface area contributed by atoms with Crippen LogP contribution in [0.1, 0.15) is 21.7 Å². The van der Waals surface area contributed by atoms with Crippen molar-refractivity contribution in [1.29, 1.82) is 0 Å². The Morgan fingerprint density at radius 1 is 1.14 bits per heavy atom. The van der Waals surface area contributed by atoms with Gasteiger partial charge >= 0.3 is 5.91 Å². The highest BCUT2D eigenvalue weighted by molar-refractivity contribution is 6.35. The molecule has 0 spiro atoms. The number of nitrogens with zero attached hydrogens (tertiary/aromatic N) is 2. The number of hydrogen-bond donors (Lipinski definition) is 1. The van der Waals surface area contributed by atoms with Crippen LogP contribution in [0, 0.1) is 0 Å². The summed E-state index contributed by atoms with van der Waals surface area (Å²) in [6.07, 6.45) is 5.02. The summed E-state index contributed by atoms with van der Waals surface area (Å²) in [4.78, 5) is 11.9. The van der Waals surface area contributed by atoms with Gasteiger partial charge in [0.2, 0.25) is 0 Å². The molecule has 0 saturated heterocycles. The smallest absolute Gasteiger partial charge is 0.307 e. The molecule has 0 saturated carbocycles. The lowest BCUT2D eigenvalue weighted by Gasteiger charge is -2.08. The Hall–Kier alpha value is -3.02. The fourth-order valence-electron chi connectivity index (χ4n) is 2.97.